The minimum atomic E-state index is -1.63. The van der Waals surface area contributed by atoms with Crippen LogP contribution in [-0.2, 0) is 52.7 Å². The Hall–Kier alpha value is -5.86. The molecule has 0 unspecified atom stereocenters. The van der Waals surface area contributed by atoms with E-state index in [0.29, 0.717) is 18.7 Å². The fraction of sp³-hybridized carbons (Fsp3) is 0.806. The van der Waals surface area contributed by atoms with Crippen molar-refractivity contribution < 1.29 is 63.0 Å². The fourth-order valence-corrected chi connectivity index (χ4v) is 12.7. The van der Waals surface area contributed by atoms with Gasteiger partial charge in [0.25, 0.3) is 0 Å². The number of aliphatic hydroxyl groups excluding tert-OH is 1. The van der Waals surface area contributed by atoms with Crippen LogP contribution in [0.15, 0.2) is 12.2 Å². The lowest BCUT2D eigenvalue weighted by Gasteiger charge is -2.41. The summed E-state index contributed by atoms with van der Waals surface area (Å²) in [5.74, 6) is -9.45. The molecule has 11 amide bonds. The Balaban J connectivity index is 4.49. The maximum Gasteiger partial charge on any atom is 0.246 e. The minimum Gasteiger partial charge on any atom is -0.390 e. The van der Waals surface area contributed by atoms with Crippen LogP contribution in [0, 0.1) is 35.5 Å². The van der Waals surface area contributed by atoms with Gasteiger partial charge in [0.2, 0.25) is 65.0 Å². The van der Waals surface area contributed by atoms with Gasteiger partial charge in [0, 0.05) is 68.1 Å². The second-order valence-electron chi connectivity index (χ2n) is 28.6. The maximum atomic E-state index is 15.3. The highest BCUT2D eigenvalue weighted by atomic mass is 32.2. The van der Waals surface area contributed by atoms with Crippen LogP contribution in [-0.4, -0.2) is 268 Å². The number of aliphatic hydroxyl groups is 2. The molecule has 0 aromatic heterocycles. The summed E-state index contributed by atoms with van der Waals surface area (Å²) in [5, 5.41) is 33.7. The second kappa shape index (κ2) is 38.6. The molecule has 26 heteroatoms. The van der Waals surface area contributed by atoms with Gasteiger partial charge in [0.1, 0.15) is 60.4 Å². The van der Waals surface area contributed by atoms with Gasteiger partial charge in [-0.2, -0.15) is 0 Å². The monoisotopic (exact) mass is 1330 g/mol. The Kier molecular flexibility index (Phi) is 35.4. The lowest BCUT2D eigenvalue weighted by molar-refractivity contribution is -0.157. The van der Waals surface area contributed by atoms with E-state index in [1.54, 1.807) is 54.5 Å². The standard InChI is InChI=1S/C67H122N12O13S/c1-27-29-30-43(13)56(81)55-60(85)70-46(28-2)62(87)77(24)52(93-32-31-72(18)19)36-51(80)73(20)50(37-67(16,17)92)59(84)71-53(41(9)10)65(90)74(21)47(33-38(3)4)58(83)68-44(14)57(82)69-45(15)61(86)75(22)48(34-39(5)6)63(88)76(23)49(35-40(7)8)64(89)78(25)54(42(11)12)66(91)79(55)26/h27,29,38-50,52-56,81,92H,28,30-37H2,1-26H3,(H,68,83)(H,69,82)(H,70,85)(H,71,84)/b29-27+/t43-,44+,45-,46+,47+,48+,49+,50+,52-,53+,54+,55+,56-/m1/s1. The molecule has 0 bridgehead atoms. The zero-order valence-electron chi connectivity index (χ0n) is 61.3. The van der Waals surface area contributed by atoms with Crippen molar-refractivity contribution in [3.63, 3.8) is 0 Å². The summed E-state index contributed by atoms with van der Waals surface area (Å²) < 4.78 is 0. The Morgan fingerprint density at radius 2 is 1.01 bits per heavy atom. The maximum absolute atomic E-state index is 15.3. The summed E-state index contributed by atoms with van der Waals surface area (Å²) in [7, 11) is 13.7. The lowest BCUT2D eigenvalue weighted by Crippen LogP contribution is -2.63. The van der Waals surface area contributed by atoms with Gasteiger partial charge in [-0.25, -0.2) is 0 Å². The first-order valence-corrected chi connectivity index (χ1v) is 34.2. The quantitative estimate of drug-likeness (QED) is 0.101. The molecule has 1 saturated heterocycles. The first-order chi connectivity index (χ1) is 42.8. The van der Waals surface area contributed by atoms with Crippen LogP contribution in [0.2, 0.25) is 0 Å². The molecule has 0 aliphatic carbocycles. The second-order valence-corrected chi connectivity index (χ2v) is 29.9. The number of likely N-dealkylation sites (N-methyl/N-ethyl adjacent to an activating group) is 7. The molecule has 0 radical (unpaired) electrons. The smallest absolute Gasteiger partial charge is 0.246 e. The van der Waals surface area contributed by atoms with Crippen molar-refractivity contribution in [1.82, 2.24) is 60.5 Å². The number of thioether (sulfide) groups is 1. The van der Waals surface area contributed by atoms with E-state index < -0.39 is 160 Å². The third-order valence-corrected chi connectivity index (χ3v) is 18.6. The number of carbonyl (C=O) groups is 11. The Labute approximate surface area is 561 Å². The Morgan fingerprint density at radius 1 is 0.548 bits per heavy atom. The van der Waals surface area contributed by atoms with Gasteiger partial charge in [-0.15, -0.1) is 11.8 Å². The predicted octanol–water partition coefficient (Wildman–Crippen LogP) is 3.39. The zero-order valence-corrected chi connectivity index (χ0v) is 62.1. The van der Waals surface area contributed by atoms with Gasteiger partial charge in [-0.05, 0) is 116 Å². The van der Waals surface area contributed by atoms with Crippen LogP contribution in [0.1, 0.15) is 163 Å². The Bertz CT molecular complexity index is 2540. The molecule has 1 aliphatic rings. The van der Waals surface area contributed by atoms with Crippen LogP contribution < -0.4 is 21.3 Å². The molecule has 0 saturated carbocycles. The van der Waals surface area contributed by atoms with Crippen LogP contribution in [0.25, 0.3) is 0 Å². The van der Waals surface area contributed by atoms with E-state index in [1.165, 1.54) is 118 Å². The van der Waals surface area contributed by atoms with E-state index >= 15 is 19.2 Å². The topological polar surface area (TPSA) is 302 Å². The molecule has 1 rings (SSSR count). The van der Waals surface area contributed by atoms with Gasteiger partial charge in [-0.1, -0.05) is 95.2 Å². The molecule has 1 aliphatic heterocycles. The molecular formula is C67H122N12O13S. The van der Waals surface area contributed by atoms with Crippen LogP contribution in [0.5, 0.6) is 0 Å². The fourth-order valence-electron chi connectivity index (χ4n) is 11.4. The number of nitrogens with one attached hydrogen (secondary N) is 4. The molecule has 1 fully saturated rings. The van der Waals surface area contributed by atoms with Crippen molar-refractivity contribution in [3.05, 3.63) is 12.2 Å². The number of rotatable bonds is 19. The largest absolute Gasteiger partial charge is 0.390 e. The number of allylic oxidation sites excluding steroid dienone is 2. The molecule has 6 N–H and O–H groups in total. The summed E-state index contributed by atoms with van der Waals surface area (Å²) in [6.45, 7) is 29.6. The highest BCUT2D eigenvalue weighted by Crippen LogP contribution is 2.28. The summed E-state index contributed by atoms with van der Waals surface area (Å²) in [5.41, 5.74) is -1.54. The third kappa shape index (κ3) is 25.3. The molecule has 0 aromatic carbocycles. The minimum absolute atomic E-state index is 0.0279. The van der Waals surface area contributed by atoms with Crippen molar-refractivity contribution in [2.45, 2.75) is 240 Å². The molecule has 93 heavy (non-hydrogen) atoms. The van der Waals surface area contributed by atoms with Crippen LogP contribution in [0.3, 0.4) is 0 Å². The van der Waals surface area contributed by atoms with Crippen LogP contribution in [0.4, 0.5) is 0 Å². The highest BCUT2D eigenvalue weighted by molar-refractivity contribution is 7.99. The lowest BCUT2D eigenvalue weighted by atomic mass is 9.91. The van der Waals surface area contributed by atoms with Crippen molar-refractivity contribution in [2.24, 2.45) is 35.5 Å². The average molecular weight is 1340 g/mol. The summed E-state index contributed by atoms with van der Waals surface area (Å²) in [6, 6.07) is -12.8. The SMILES string of the molecule is C/C=C/C[C@@H](C)[C@@H](O)[C@H]1C(=O)N[C@@H](CC)C(=O)N(C)[C@H](SCCN(C)C)CC(=O)N(C)[C@@H](CC(C)(C)O)C(=O)N[C@@H](C(C)C)C(=O)N(C)[C@@H](CC(C)C)C(=O)N[C@@H](C)C(=O)N[C@H](C)C(=O)N(C)[C@@H](CC(C)C)C(=O)N(C)[C@@H](CC(C)C)C(=O)N(C)[C@@H](C(C)C)C(=O)N1C. The number of nitrogens with zero attached hydrogens (tertiary/aromatic N) is 8. The molecule has 1 heterocycles. The van der Waals surface area contributed by atoms with Gasteiger partial charge < -0.3 is 70.7 Å². The van der Waals surface area contributed by atoms with E-state index in [4.69, 9.17) is 0 Å². The van der Waals surface area contributed by atoms with E-state index in [1.807, 2.05) is 66.6 Å². The van der Waals surface area contributed by atoms with Gasteiger partial charge >= 0.3 is 0 Å². The summed E-state index contributed by atoms with van der Waals surface area (Å²) in [4.78, 5) is 173. The molecule has 534 valence electrons. The zero-order chi connectivity index (χ0) is 72.2. The van der Waals surface area contributed by atoms with Crippen molar-refractivity contribution in [3.8, 4) is 0 Å². The number of hydrogen-bond acceptors (Lipinski definition) is 15. The Morgan fingerprint density at radius 3 is 1.47 bits per heavy atom. The first kappa shape index (κ1) is 85.2. The van der Waals surface area contributed by atoms with Crippen LogP contribution >= 0.6 is 11.8 Å². The van der Waals surface area contributed by atoms with Gasteiger partial charge in [0.05, 0.1) is 23.5 Å². The van der Waals surface area contributed by atoms with Crippen molar-refractivity contribution >= 4 is 76.7 Å². The van der Waals surface area contributed by atoms with E-state index in [2.05, 4.69) is 21.3 Å². The number of hydrogen-bond donors (Lipinski definition) is 6. The van der Waals surface area contributed by atoms with Crippen molar-refractivity contribution in [2.75, 3.05) is 75.7 Å². The van der Waals surface area contributed by atoms with Gasteiger partial charge in [-0.3, -0.25) is 52.7 Å². The average Bonchev–Trinajstić information content (AvgIpc) is 0.826. The first-order valence-electron chi connectivity index (χ1n) is 33.2. The van der Waals surface area contributed by atoms with Crippen molar-refractivity contribution in [1.29, 1.82) is 0 Å². The molecular weight excluding hydrogens is 1210 g/mol. The molecule has 13 atom stereocenters. The summed E-state index contributed by atoms with van der Waals surface area (Å²) >= 11 is 1.29. The van der Waals surface area contributed by atoms with E-state index in [9.17, 15) is 43.8 Å². The number of carbonyl (C=O) groups excluding carboxylic acids is 11. The molecule has 0 spiro atoms. The number of amides is 11. The predicted molar refractivity (Wildman–Crippen MR) is 364 cm³/mol. The normalized spacial score (nSPS) is 26.8. The van der Waals surface area contributed by atoms with E-state index in [0.717, 1.165) is 4.90 Å². The van der Waals surface area contributed by atoms with E-state index in [-0.39, 0.29) is 56.3 Å². The third-order valence-electron chi connectivity index (χ3n) is 17.3. The highest BCUT2D eigenvalue weighted by Gasteiger charge is 2.46. The molecule has 25 nitrogen and oxygen atoms in total. The molecule has 0 aromatic rings. The summed E-state index contributed by atoms with van der Waals surface area (Å²) in [6.07, 6.45) is 2.17. The van der Waals surface area contributed by atoms with Gasteiger partial charge in [0.15, 0.2) is 0 Å².